The smallest absolute Gasteiger partial charge is 0.339 e. The van der Waals surface area contributed by atoms with Gasteiger partial charge in [0.1, 0.15) is 6.10 Å². The molecule has 4 nitrogen and oxygen atoms in total. The van der Waals surface area contributed by atoms with E-state index in [1.165, 1.54) is 69.9 Å². The minimum absolute atomic E-state index is 0.00491. The molecule has 1 atom stereocenters. The molecule has 0 aliphatic carbocycles. The number of hydrogen-bond acceptors (Lipinski definition) is 3. The molecule has 29 heavy (non-hydrogen) atoms. The average Bonchev–Trinajstić information content (AvgIpc) is 2.70. The minimum Gasteiger partial charge on any atom is -0.478 e. The van der Waals surface area contributed by atoms with Gasteiger partial charge < -0.3 is 9.84 Å². The Morgan fingerprint density at radius 2 is 1.31 bits per heavy atom. The summed E-state index contributed by atoms with van der Waals surface area (Å²) in [5.41, 5.74) is 0.124. The number of esters is 1. The number of unbranched alkanes of at least 4 members (excludes halogenated alkanes) is 10. The van der Waals surface area contributed by atoms with Crippen molar-refractivity contribution in [2.75, 3.05) is 0 Å². The molecule has 4 heteroatoms. The molecule has 0 spiro atoms. The lowest BCUT2D eigenvalue weighted by Gasteiger charge is -2.22. The Kier molecular flexibility index (Phi) is 13.1. The summed E-state index contributed by atoms with van der Waals surface area (Å²) >= 11 is 0. The second-order valence-corrected chi connectivity index (χ2v) is 8.36. The van der Waals surface area contributed by atoms with E-state index in [-0.39, 0.29) is 23.1 Å². The van der Waals surface area contributed by atoms with Crippen LogP contribution >= 0.6 is 0 Å². The number of benzene rings is 1. The van der Waals surface area contributed by atoms with E-state index >= 15 is 0 Å². The number of carboxylic acids is 1. The lowest BCUT2D eigenvalue weighted by atomic mass is 9.99. The fraction of sp³-hybridized carbons (Fsp3) is 0.680. The van der Waals surface area contributed by atoms with Crippen molar-refractivity contribution in [2.24, 2.45) is 5.92 Å². The highest BCUT2D eigenvalue weighted by molar-refractivity contribution is 6.02. The molecular weight excluding hydrogens is 364 g/mol. The number of rotatable bonds is 16. The Morgan fingerprint density at radius 3 is 1.79 bits per heavy atom. The summed E-state index contributed by atoms with van der Waals surface area (Å²) in [5, 5.41) is 9.27. The molecule has 1 N–H and O–H groups in total. The quantitative estimate of drug-likeness (QED) is 0.232. The Morgan fingerprint density at radius 1 is 0.828 bits per heavy atom. The Balaban J connectivity index is 2.29. The molecular formula is C25H40O4. The summed E-state index contributed by atoms with van der Waals surface area (Å²) < 4.78 is 5.68. The van der Waals surface area contributed by atoms with Crippen LogP contribution in [0.3, 0.4) is 0 Å². The summed E-state index contributed by atoms with van der Waals surface area (Å²) in [5.74, 6) is -1.44. The third-order valence-corrected chi connectivity index (χ3v) is 5.47. The largest absolute Gasteiger partial charge is 0.478 e. The van der Waals surface area contributed by atoms with Gasteiger partial charge in [0, 0.05) is 0 Å². The van der Waals surface area contributed by atoms with Crippen LogP contribution in [0, 0.1) is 5.92 Å². The van der Waals surface area contributed by atoms with Gasteiger partial charge in [-0.05, 0) is 30.9 Å². The Bertz CT molecular complexity index is 594. The standard InChI is InChI=1S/C25H40O4/c1-4-5-6-7-8-9-10-11-12-13-14-19-23(20(2)3)29-25(28)22-18-16-15-17-21(22)24(26)27/h15-18,20,23H,4-14,19H2,1-3H3,(H,26,27). The van der Waals surface area contributed by atoms with Gasteiger partial charge in [0.25, 0.3) is 0 Å². The topological polar surface area (TPSA) is 63.6 Å². The van der Waals surface area contributed by atoms with Crippen LogP contribution in [0.4, 0.5) is 0 Å². The molecule has 0 aliphatic rings. The van der Waals surface area contributed by atoms with Crippen LogP contribution in [0.25, 0.3) is 0 Å². The van der Waals surface area contributed by atoms with Crippen LogP contribution < -0.4 is 0 Å². The van der Waals surface area contributed by atoms with Crippen LogP contribution in [-0.2, 0) is 4.74 Å². The highest BCUT2D eigenvalue weighted by Gasteiger charge is 2.22. The summed E-state index contributed by atoms with van der Waals surface area (Å²) in [4.78, 5) is 23.8. The van der Waals surface area contributed by atoms with Crippen molar-refractivity contribution >= 4 is 11.9 Å². The maximum atomic E-state index is 12.5. The maximum absolute atomic E-state index is 12.5. The molecule has 1 aromatic rings. The molecule has 0 saturated carbocycles. The fourth-order valence-electron chi connectivity index (χ4n) is 3.59. The van der Waals surface area contributed by atoms with E-state index in [2.05, 4.69) is 6.92 Å². The first kappa shape index (κ1) is 25.2. The molecule has 1 rings (SSSR count). The van der Waals surface area contributed by atoms with Gasteiger partial charge >= 0.3 is 11.9 Å². The predicted molar refractivity (Wildman–Crippen MR) is 119 cm³/mol. The van der Waals surface area contributed by atoms with E-state index in [0.717, 1.165) is 19.3 Å². The zero-order chi connectivity index (χ0) is 21.5. The molecule has 0 aliphatic heterocycles. The lowest BCUT2D eigenvalue weighted by molar-refractivity contribution is 0.0147. The molecule has 1 unspecified atom stereocenters. The Labute approximate surface area is 177 Å². The van der Waals surface area contributed by atoms with Gasteiger partial charge in [-0.2, -0.15) is 0 Å². The highest BCUT2D eigenvalue weighted by atomic mass is 16.5. The summed E-state index contributed by atoms with van der Waals surface area (Å²) in [7, 11) is 0. The third-order valence-electron chi connectivity index (χ3n) is 5.47. The molecule has 0 amide bonds. The normalized spacial score (nSPS) is 12.1. The van der Waals surface area contributed by atoms with Crippen LogP contribution in [0.2, 0.25) is 0 Å². The van der Waals surface area contributed by atoms with Crippen molar-refractivity contribution in [2.45, 2.75) is 104 Å². The van der Waals surface area contributed by atoms with Crippen LogP contribution in [0.5, 0.6) is 0 Å². The van der Waals surface area contributed by atoms with Crippen LogP contribution in [0.1, 0.15) is 119 Å². The summed E-state index contributed by atoms with van der Waals surface area (Å²) in [6.45, 7) is 6.33. The minimum atomic E-state index is -1.11. The van der Waals surface area contributed by atoms with Gasteiger partial charge in [0.2, 0.25) is 0 Å². The first-order chi connectivity index (χ1) is 14.0. The highest BCUT2D eigenvalue weighted by Crippen LogP contribution is 2.20. The zero-order valence-corrected chi connectivity index (χ0v) is 18.6. The molecule has 1 aromatic carbocycles. The van der Waals surface area contributed by atoms with Gasteiger partial charge in [-0.3, -0.25) is 0 Å². The van der Waals surface area contributed by atoms with Gasteiger partial charge in [0.15, 0.2) is 0 Å². The monoisotopic (exact) mass is 404 g/mol. The van der Waals surface area contributed by atoms with Gasteiger partial charge in [0.05, 0.1) is 11.1 Å². The molecule has 0 aromatic heterocycles. The van der Waals surface area contributed by atoms with E-state index in [1.807, 2.05) is 13.8 Å². The van der Waals surface area contributed by atoms with Crippen molar-refractivity contribution in [1.82, 2.24) is 0 Å². The van der Waals surface area contributed by atoms with Gasteiger partial charge in [-0.15, -0.1) is 0 Å². The zero-order valence-electron chi connectivity index (χ0n) is 18.6. The molecule has 164 valence electrons. The second-order valence-electron chi connectivity index (χ2n) is 8.36. The number of hydrogen-bond donors (Lipinski definition) is 1. The van der Waals surface area contributed by atoms with Crippen LogP contribution in [-0.4, -0.2) is 23.1 Å². The van der Waals surface area contributed by atoms with Crippen molar-refractivity contribution in [3.05, 3.63) is 35.4 Å². The van der Waals surface area contributed by atoms with E-state index < -0.39 is 11.9 Å². The number of aromatic carboxylic acids is 1. The SMILES string of the molecule is CCCCCCCCCCCCCC(OC(=O)c1ccccc1C(=O)O)C(C)C. The van der Waals surface area contributed by atoms with E-state index in [4.69, 9.17) is 4.74 Å². The number of carbonyl (C=O) groups is 2. The van der Waals surface area contributed by atoms with Crippen molar-refractivity contribution in [1.29, 1.82) is 0 Å². The fourth-order valence-corrected chi connectivity index (χ4v) is 3.59. The molecule has 0 bridgehead atoms. The van der Waals surface area contributed by atoms with Gasteiger partial charge in [-0.25, -0.2) is 9.59 Å². The first-order valence-corrected chi connectivity index (χ1v) is 11.5. The van der Waals surface area contributed by atoms with Crippen molar-refractivity contribution in [3.63, 3.8) is 0 Å². The average molecular weight is 405 g/mol. The van der Waals surface area contributed by atoms with Crippen molar-refractivity contribution < 1.29 is 19.4 Å². The Hall–Kier alpha value is -1.84. The number of ether oxygens (including phenoxy) is 1. The lowest BCUT2D eigenvalue weighted by Crippen LogP contribution is -2.24. The molecule has 0 saturated heterocycles. The maximum Gasteiger partial charge on any atom is 0.339 e. The third kappa shape index (κ3) is 10.5. The number of carboxylic acid groups (broad SMARTS) is 1. The van der Waals surface area contributed by atoms with E-state index in [1.54, 1.807) is 12.1 Å². The van der Waals surface area contributed by atoms with Gasteiger partial charge in [-0.1, -0.05) is 97.1 Å². The van der Waals surface area contributed by atoms with Crippen molar-refractivity contribution in [3.8, 4) is 0 Å². The number of carbonyl (C=O) groups excluding carboxylic acids is 1. The first-order valence-electron chi connectivity index (χ1n) is 11.5. The molecule has 0 radical (unpaired) electrons. The second kappa shape index (κ2) is 15.1. The molecule has 0 fully saturated rings. The summed E-state index contributed by atoms with van der Waals surface area (Å²) in [6.07, 6.45) is 14.8. The summed E-state index contributed by atoms with van der Waals surface area (Å²) in [6, 6.07) is 6.24. The van der Waals surface area contributed by atoms with E-state index in [0.29, 0.717) is 0 Å². The van der Waals surface area contributed by atoms with Crippen LogP contribution in [0.15, 0.2) is 24.3 Å². The molecule has 0 heterocycles. The predicted octanol–water partition coefficient (Wildman–Crippen LogP) is 7.27. The van der Waals surface area contributed by atoms with E-state index in [9.17, 15) is 14.7 Å².